The van der Waals surface area contributed by atoms with Gasteiger partial charge in [0, 0.05) is 62.0 Å². The smallest absolute Gasteiger partial charge is 0.409 e. The third kappa shape index (κ3) is 5.26. The molecule has 0 bridgehead atoms. The van der Waals surface area contributed by atoms with Crippen LogP contribution in [0.5, 0.6) is 0 Å². The highest BCUT2D eigenvalue weighted by molar-refractivity contribution is 5.96. The maximum absolute atomic E-state index is 13.6. The van der Waals surface area contributed by atoms with Crippen molar-refractivity contribution < 1.29 is 14.3 Å². The molecule has 1 aromatic heterocycles. The number of hydrogen-bond donors (Lipinski definition) is 0. The van der Waals surface area contributed by atoms with Crippen LogP contribution in [0.4, 0.5) is 4.79 Å². The maximum Gasteiger partial charge on any atom is 0.409 e. The topological polar surface area (TPSA) is 66.0 Å². The van der Waals surface area contributed by atoms with Gasteiger partial charge in [0.15, 0.2) is 0 Å². The summed E-state index contributed by atoms with van der Waals surface area (Å²) in [5, 5.41) is 0. The van der Waals surface area contributed by atoms with Crippen LogP contribution in [-0.2, 0) is 4.74 Å². The van der Waals surface area contributed by atoms with E-state index in [1.165, 1.54) is 7.11 Å². The minimum atomic E-state index is -0.244. The molecule has 0 saturated carbocycles. The number of nitrogens with zero attached hydrogens (tertiary/aromatic N) is 4. The van der Waals surface area contributed by atoms with E-state index < -0.39 is 0 Å². The van der Waals surface area contributed by atoms with Crippen molar-refractivity contribution in [3.05, 3.63) is 78.4 Å². The van der Waals surface area contributed by atoms with E-state index in [1.807, 2.05) is 77.7 Å². The molecule has 0 radical (unpaired) electrons. The quantitative estimate of drug-likeness (QED) is 0.549. The van der Waals surface area contributed by atoms with E-state index in [1.54, 1.807) is 4.90 Å². The number of carbonyl (C=O) groups is 2. The Bertz CT molecular complexity index is 1130. The SMILES string of the molecule is COC(=O)N1CCC(N2CCN(C(=O)c3cc(-c4ccccc4)nc(-c4ccccc4)c3)CC2)CC1. The van der Waals surface area contributed by atoms with Crippen LogP contribution in [0.25, 0.3) is 22.5 Å². The van der Waals surface area contributed by atoms with E-state index in [9.17, 15) is 9.59 Å². The number of ether oxygens (including phenoxy) is 1. The highest BCUT2D eigenvalue weighted by Gasteiger charge is 2.31. The molecule has 2 saturated heterocycles. The third-order valence-electron chi connectivity index (χ3n) is 7.23. The van der Waals surface area contributed by atoms with Crippen LogP contribution in [0.3, 0.4) is 0 Å². The molecular formula is C29H32N4O3. The lowest BCUT2D eigenvalue weighted by Crippen LogP contribution is -2.54. The van der Waals surface area contributed by atoms with E-state index in [-0.39, 0.29) is 12.0 Å². The molecular weight excluding hydrogens is 452 g/mol. The van der Waals surface area contributed by atoms with Gasteiger partial charge in [0.05, 0.1) is 18.5 Å². The molecule has 0 N–H and O–H groups in total. The van der Waals surface area contributed by atoms with E-state index in [2.05, 4.69) is 4.90 Å². The Morgan fingerprint density at radius 2 is 1.28 bits per heavy atom. The predicted octanol–water partition coefficient (Wildman–Crippen LogP) is 4.40. The van der Waals surface area contributed by atoms with Gasteiger partial charge in [-0.05, 0) is 25.0 Å². The normalized spacial score (nSPS) is 17.1. The molecule has 2 aromatic carbocycles. The number of aromatic nitrogens is 1. The molecule has 3 heterocycles. The van der Waals surface area contributed by atoms with Gasteiger partial charge in [-0.2, -0.15) is 0 Å². The number of likely N-dealkylation sites (tertiary alicyclic amines) is 1. The first-order valence-electron chi connectivity index (χ1n) is 12.6. The number of hydrogen-bond acceptors (Lipinski definition) is 5. The van der Waals surface area contributed by atoms with Gasteiger partial charge in [-0.15, -0.1) is 0 Å². The summed E-state index contributed by atoms with van der Waals surface area (Å²) in [5.41, 5.74) is 4.26. The second-order valence-electron chi connectivity index (χ2n) is 9.37. The number of rotatable bonds is 4. The van der Waals surface area contributed by atoms with E-state index in [0.29, 0.717) is 24.7 Å². The Labute approximate surface area is 212 Å². The largest absolute Gasteiger partial charge is 0.453 e. The molecule has 7 nitrogen and oxygen atoms in total. The second kappa shape index (κ2) is 10.9. The number of amides is 2. The van der Waals surface area contributed by atoms with Crippen LogP contribution in [0.1, 0.15) is 23.2 Å². The Morgan fingerprint density at radius 1 is 0.750 bits per heavy atom. The van der Waals surface area contributed by atoms with Gasteiger partial charge in [-0.1, -0.05) is 60.7 Å². The summed E-state index contributed by atoms with van der Waals surface area (Å²) in [6.45, 7) is 4.52. The lowest BCUT2D eigenvalue weighted by molar-refractivity contribution is 0.0435. The van der Waals surface area contributed by atoms with Crippen LogP contribution in [0.2, 0.25) is 0 Å². The second-order valence-corrected chi connectivity index (χ2v) is 9.37. The molecule has 0 atom stereocenters. The lowest BCUT2D eigenvalue weighted by atomic mass is 10.0. The minimum absolute atomic E-state index is 0.0481. The van der Waals surface area contributed by atoms with Gasteiger partial charge in [-0.3, -0.25) is 9.69 Å². The Hall–Kier alpha value is -3.71. The number of pyridine rings is 1. The molecule has 7 heteroatoms. The van der Waals surface area contributed by atoms with Crippen LogP contribution >= 0.6 is 0 Å². The molecule has 2 aliphatic heterocycles. The molecule has 36 heavy (non-hydrogen) atoms. The number of piperidine rings is 1. The predicted molar refractivity (Wildman–Crippen MR) is 140 cm³/mol. The Balaban J connectivity index is 1.29. The zero-order valence-corrected chi connectivity index (χ0v) is 20.7. The Morgan fingerprint density at radius 3 is 1.78 bits per heavy atom. The number of carbonyl (C=O) groups excluding carboxylic acids is 2. The standard InChI is InChI=1S/C29H32N4O3/c1-36-29(35)33-14-12-25(13-15-33)31-16-18-32(19-17-31)28(34)24-20-26(22-8-4-2-5-9-22)30-27(21-24)23-10-6-3-7-11-23/h2-11,20-21,25H,12-19H2,1H3. The Kier molecular flexibility index (Phi) is 7.28. The minimum Gasteiger partial charge on any atom is -0.453 e. The van der Waals surface area contributed by atoms with Crippen molar-refractivity contribution >= 4 is 12.0 Å². The molecule has 0 aliphatic carbocycles. The van der Waals surface area contributed by atoms with Gasteiger partial charge in [0.2, 0.25) is 0 Å². The molecule has 2 amide bonds. The first kappa shape index (κ1) is 24.0. The van der Waals surface area contributed by atoms with Crippen LogP contribution in [0, 0.1) is 0 Å². The summed E-state index contributed by atoms with van der Waals surface area (Å²) in [4.78, 5) is 36.5. The summed E-state index contributed by atoms with van der Waals surface area (Å²) in [5.74, 6) is 0.0481. The monoisotopic (exact) mass is 484 g/mol. The van der Waals surface area contributed by atoms with Crippen LogP contribution < -0.4 is 0 Å². The van der Waals surface area contributed by atoms with Crippen LogP contribution in [0.15, 0.2) is 72.8 Å². The summed E-state index contributed by atoms with van der Waals surface area (Å²) < 4.78 is 4.85. The fourth-order valence-electron chi connectivity index (χ4n) is 5.18. The molecule has 0 unspecified atom stereocenters. The number of methoxy groups -OCH3 is 1. The highest BCUT2D eigenvalue weighted by atomic mass is 16.5. The van der Waals surface area contributed by atoms with E-state index in [0.717, 1.165) is 61.5 Å². The fraction of sp³-hybridized carbons (Fsp3) is 0.345. The zero-order valence-electron chi connectivity index (χ0n) is 20.7. The lowest BCUT2D eigenvalue weighted by Gasteiger charge is -2.42. The van der Waals surface area contributed by atoms with Gasteiger partial charge >= 0.3 is 6.09 Å². The first-order valence-corrected chi connectivity index (χ1v) is 12.6. The van der Waals surface area contributed by atoms with Gasteiger partial charge in [0.1, 0.15) is 0 Å². The van der Waals surface area contributed by atoms with Crippen molar-refractivity contribution in [3.8, 4) is 22.5 Å². The maximum atomic E-state index is 13.6. The summed E-state index contributed by atoms with van der Waals surface area (Å²) in [6.07, 6.45) is 1.63. The fourth-order valence-corrected chi connectivity index (χ4v) is 5.18. The van der Waals surface area contributed by atoms with Crippen molar-refractivity contribution in [1.82, 2.24) is 19.7 Å². The van der Waals surface area contributed by atoms with Crippen molar-refractivity contribution in [2.75, 3.05) is 46.4 Å². The molecule has 186 valence electrons. The van der Waals surface area contributed by atoms with E-state index in [4.69, 9.17) is 9.72 Å². The van der Waals surface area contributed by atoms with Gasteiger partial charge < -0.3 is 14.5 Å². The van der Waals surface area contributed by atoms with Crippen molar-refractivity contribution in [1.29, 1.82) is 0 Å². The molecule has 5 rings (SSSR count). The molecule has 2 fully saturated rings. The van der Waals surface area contributed by atoms with Crippen molar-refractivity contribution in [2.24, 2.45) is 0 Å². The highest BCUT2D eigenvalue weighted by Crippen LogP contribution is 2.26. The van der Waals surface area contributed by atoms with Crippen molar-refractivity contribution in [3.63, 3.8) is 0 Å². The summed E-state index contributed by atoms with van der Waals surface area (Å²) >= 11 is 0. The zero-order chi connectivity index (χ0) is 24.9. The van der Waals surface area contributed by atoms with Crippen LogP contribution in [-0.4, -0.2) is 84.1 Å². The first-order chi connectivity index (χ1) is 17.6. The molecule has 2 aliphatic rings. The average Bonchev–Trinajstić information content (AvgIpc) is 2.97. The molecule has 0 spiro atoms. The van der Waals surface area contributed by atoms with E-state index >= 15 is 0 Å². The summed E-state index contributed by atoms with van der Waals surface area (Å²) in [6, 6.07) is 24.3. The summed E-state index contributed by atoms with van der Waals surface area (Å²) in [7, 11) is 1.43. The van der Waals surface area contributed by atoms with Gasteiger partial charge in [0.25, 0.3) is 5.91 Å². The number of piperazine rings is 1. The molecule has 3 aromatic rings. The number of benzene rings is 2. The van der Waals surface area contributed by atoms with Crippen molar-refractivity contribution in [2.45, 2.75) is 18.9 Å². The van der Waals surface area contributed by atoms with Gasteiger partial charge in [-0.25, -0.2) is 9.78 Å². The third-order valence-corrected chi connectivity index (χ3v) is 7.23. The average molecular weight is 485 g/mol.